The molecule has 0 aliphatic heterocycles. The molecule has 0 saturated heterocycles. The predicted molar refractivity (Wildman–Crippen MR) is 103 cm³/mol. The lowest BCUT2D eigenvalue weighted by molar-refractivity contribution is -0.0499. The molecule has 0 atom stereocenters. The summed E-state index contributed by atoms with van der Waals surface area (Å²) in [6.07, 6.45) is 0. The van der Waals surface area contributed by atoms with Crippen molar-refractivity contribution >= 4 is 39.3 Å². The summed E-state index contributed by atoms with van der Waals surface area (Å²) in [4.78, 5) is 0. The Morgan fingerprint density at radius 3 is 2.19 bits per heavy atom. The van der Waals surface area contributed by atoms with E-state index in [4.69, 9.17) is 0 Å². The van der Waals surface area contributed by atoms with Gasteiger partial charge >= 0.3 is 15.6 Å². The van der Waals surface area contributed by atoms with Gasteiger partial charge in [0.25, 0.3) is 0 Å². The van der Waals surface area contributed by atoms with Crippen molar-refractivity contribution in [3.63, 3.8) is 0 Å². The van der Waals surface area contributed by atoms with Gasteiger partial charge in [0.15, 0.2) is 0 Å². The molecule has 0 aliphatic rings. The van der Waals surface area contributed by atoms with Crippen molar-refractivity contribution in [2.75, 3.05) is 0 Å². The molecule has 0 radical (unpaired) electrons. The van der Waals surface area contributed by atoms with Crippen LogP contribution in [0.1, 0.15) is 5.56 Å². The molecule has 0 unspecified atom stereocenters. The van der Waals surface area contributed by atoms with E-state index in [0.29, 0.717) is 20.8 Å². The first kappa shape index (κ1) is 21.0. The second-order valence-corrected chi connectivity index (χ2v) is 14.4. The first-order chi connectivity index (χ1) is 11.7. The third-order valence-corrected chi connectivity index (χ3v) is 7.07. The van der Waals surface area contributed by atoms with E-state index >= 15 is 0 Å². The van der Waals surface area contributed by atoms with Crippen molar-refractivity contribution in [2.24, 2.45) is 0 Å². The quantitative estimate of drug-likeness (QED) is 0.353. The molecule has 0 amide bonds. The molecule has 0 aliphatic carbocycles. The molecule has 0 spiro atoms. The van der Waals surface area contributed by atoms with Crippen LogP contribution in [0.5, 0.6) is 5.75 Å². The van der Waals surface area contributed by atoms with Crippen LogP contribution in [0.4, 0.5) is 13.2 Å². The second-order valence-electron chi connectivity index (χ2n) is 6.93. The summed E-state index contributed by atoms with van der Waals surface area (Å²) in [6, 6.07) is 10.3. The van der Waals surface area contributed by atoms with E-state index in [1.54, 1.807) is 30.3 Å². The lowest BCUT2D eigenvalue weighted by atomic mass is 10.0. The first-order valence-corrected chi connectivity index (χ1v) is 13.3. The SMILES string of the molecule is Cc1cccc(-c2cc(Br)cc([Si](C)(C)C)c2OS(=O)(=O)C(F)(F)F)c1. The maximum Gasteiger partial charge on any atom is 0.534 e. The number of benzene rings is 2. The summed E-state index contributed by atoms with van der Waals surface area (Å²) in [5.41, 5.74) is -3.73. The number of hydrogen-bond donors (Lipinski definition) is 0. The van der Waals surface area contributed by atoms with Crippen molar-refractivity contribution in [1.29, 1.82) is 0 Å². The first-order valence-electron chi connectivity index (χ1n) is 7.64. The summed E-state index contributed by atoms with van der Waals surface area (Å²) < 4.78 is 67.4. The summed E-state index contributed by atoms with van der Waals surface area (Å²) in [6.45, 7) is 7.56. The molecule has 0 fully saturated rings. The summed E-state index contributed by atoms with van der Waals surface area (Å²) in [5.74, 6) is -0.254. The van der Waals surface area contributed by atoms with Crippen LogP contribution in [-0.4, -0.2) is 22.0 Å². The van der Waals surface area contributed by atoms with Crippen LogP contribution in [0.2, 0.25) is 19.6 Å². The van der Waals surface area contributed by atoms with Gasteiger partial charge in [0.05, 0.1) is 8.07 Å². The highest BCUT2D eigenvalue weighted by molar-refractivity contribution is 9.10. The molecule has 142 valence electrons. The van der Waals surface area contributed by atoms with Gasteiger partial charge in [-0.3, -0.25) is 0 Å². The van der Waals surface area contributed by atoms with Gasteiger partial charge in [-0.25, -0.2) is 0 Å². The van der Waals surface area contributed by atoms with Crippen LogP contribution in [0.25, 0.3) is 11.1 Å². The van der Waals surface area contributed by atoms with Gasteiger partial charge < -0.3 is 4.18 Å². The van der Waals surface area contributed by atoms with Crippen LogP contribution >= 0.6 is 15.9 Å². The zero-order chi connectivity index (χ0) is 19.9. The lowest BCUT2D eigenvalue weighted by Gasteiger charge is -2.24. The number of alkyl halides is 3. The van der Waals surface area contributed by atoms with Gasteiger partial charge in [-0.2, -0.15) is 21.6 Å². The van der Waals surface area contributed by atoms with Gasteiger partial charge in [-0.15, -0.1) is 0 Å². The molecule has 26 heavy (non-hydrogen) atoms. The Hall–Kier alpha value is -1.32. The van der Waals surface area contributed by atoms with Gasteiger partial charge in [0, 0.05) is 10.0 Å². The Balaban J connectivity index is 2.82. The highest BCUT2D eigenvalue weighted by atomic mass is 79.9. The maximum atomic E-state index is 12.9. The summed E-state index contributed by atoms with van der Waals surface area (Å²) in [5, 5.41) is 0.483. The maximum absolute atomic E-state index is 12.9. The van der Waals surface area contributed by atoms with Crippen molar-refractivity contribution in [2.45, 2.75) is 32.1 Å². The van der Waals surface area contributed by atoms with Crippen molar-refractivity contribution in [3.05, 3.63) is 46.4 Å². The Bertz CT molecular complexity index is 935. The Kier molecular flexibility index (Phi) is 5.66. The number of aryl methyl sites for hydroxylation is 1. The number of rotatable bonds is 4. The molecule has 2 aromatic carbocycles. The minimum Gasteiger partial charge on any atom is -0.375 e. The molecular weight excluding hydrogens is 449 g/mol. The molecule has 0 N–H and O–H groups in total. The zero-order valence-electron chi connectivity index (χ0n) is 14.6. The highest BCUT2D eigenvalue weighted by Crippen LogP contribution is 2.36. The van der Waals surface area contributed by atoms with E-state index < -0.39 is 23.7 Å². The number of hydrogen-bond acceptors (Lipinski definition) is 3. The van der Waals surface area contributed by atoms with E-state index in [-0.39, 0.29) is 5.75 Å². The van der Waals surface area contributed by atoms with Crippen LogP contribution in [-0.2, 0) is 10.1 Å². The molecule has 3 nitrogen and oxygen atoms in total. The van der Waals surface area contributed by atoms with Gasteiger partial charge in [-0.1, -0.05) is 65.4 Å². The third kappa shape index (κ3) is 4.50. The molecule has 2 rings (SSSR count). The van der Waals surface area contributed by atoms with Crippen molar-refractivity contribution in [3.8, 4) is 16.9 Å². The Morgan fingerprint density at radius 2 is 1.69 bits per heavy atom. The van der Waals surface area contributed by atoms with Crippen LogP contribution in [0.15, 0.2) is 40.9 Å². The molecule has 0 heterocycles. The van der Waals surface area contributed by atoms with Gasteiger partial charge in [0.2, 0.25) is 0 Å². The van der Waals surface area contributed by atoms with Crippen LogP contribution in [0, 0.1) is 6.92 Å². The molecule has 0 bridgehead atoms. The normalized spacial score (nSPS) is 12.9. The zero-order valence-corrected chi connectivity index (χ0v) is 18.0. The predicted octanol–water partition coefficient (Wildman–Crippen LogP) is 5.20. The molecule has 2 aromatic rings. The fourth-order valence-electron chi connectivity index (χ4n) is 2.42. The monoisotopic (exact) mass is 466 g/mol. The highest BCUT2D eigenvalue weighted by Gasteiger charge is 2.49. The fraction of sp³-hybridized carbons (Fsp3) is 0.294. The number of halogens is 4. The molecule has 0 saturated carbocycles. The third-order valence-electron chi connectivity index (χ3n) is 3.67. The minimum atomic E-state index is -5.78. The topological polar surface area (TPSA) is 43.4 Å². The van der Waals surface area contributed by atoms with E-state index in [1.165, 1.54) is 0 Å². The smallest absolute Gasteiger partial charge is 0.375 e. The Morgan fingerprint density at radius 1 is 1.08 bits per heavy atom. The largest absolute Gasteiger partial charge is 0.534 e. The van der Waals surface area contributed by atoms with Gasteiger partial charge in [-0.05, 0) is 29.8 Å². The van der Waals surface area contributed by atoms with E-state index in [1.807, 2.05) is 32.6 Å². The average Bonchev–Trinajstić information content (AvgIpc) is 2.46. The van der Waals surface area contributed by atoms with Crippen molar-refractivity contribution in [1.82, 2.24) is 0 Å². The Labute approximate surface area is 160 Å². The lowest BCUT2D eigenvalue weighted by Crippen LogP contribution is -2.40. The molecule has 9 heteroatoms. The van der Waals surface area contributed by atoms with Gasteiger partial charge in [0.1, 0.15) is 5.75 Å². The van der Waals surface area contributed by atoms with Crippen molar-refractivity contribution < 1.29 is 25.8 Å². The summed E-state index contributed by atoms with van der Waals surface area (Å²) in [7, 11) is -8.01. The average molecular weight is 467 g/mol. The molecular formula is C17H18BrF3O3SSi. The van der Waals surface area contributed by atoms with E-state index in [9.17, 15) is 21.6 Å². The fourth-order valence-corrected chi connectivity index (χ4v) is 5.12. The standard InChI is InChI=1S/C17H18BrF3O3SSi/c1-11-6-5-7-12(8-11)14-9-13(18)10-15(26(2,3)4)16(14)24-25(22,23)17(19,20)21/h5-10H,1-4H3. The van der Waals surface area contributed by atoms with Crippen LogP contribution in [0.3, 0.4) is 0 Å². The molecule has 0 aromatic heterocycles. The van der Waals surface area contributed by atoms with Crippen LogP contribution < -0.4 is 9.37 Å². The van der Waals surface area contributed by atoms with E-state index in [0.717, 1.165) is 5.56 Å². The second kappa shape index (κ2) is 7.01. The summed E-state index contributed by atoms with van der Waals surface area (Å²) >= 11 is 3.37. The minimum absolute atomic E-state index is 0.254. The van der Waals surface area contributed by atoms with E-state index in [2.05, 4.69) is 20.1 Å².